The predicted molar refractivity (Wildman–Crippen MR) is 94.0 cm³/mol. The van der Waals surface area contributed by atoms with Crippen molar-refractivity contribution in [3.05, 3.63) is 63.9 Å². The lowest BCUT2D eigenvalue weighted by molar-refractivity contribution is 0.406. The maximum Gasteiger partial charge on any atom is 0.243 e. The Morgan fingerprint density at radius 1 is 1.24 bits per heavy atom. The summed E-state index contributed by atoms with van der Waals surface area (Å²) in [7, 11) is 1.63. The molecule has 0 unspecified atom stereocenters. The van der Waals surface area contributed by atoms with Crippen LogP contribution in [0.15, 0.2) is 46.9 Å². The highest BCUT2D eigenvalue weighted by atomic mass is 79.9. The molecule has 4 rings (SSSR count). The van der Waals surface area contributed by atoms with Crippen LogP contribution in [0.2, 0.25) is 0 Å². The van der Waals surface area contributed by atoms with E-state index in [-0.39, 0.29) is 17.9 Å². The topological polar surface area (TPSA) is 64.9 Å². The van der Waals surface area contributed by atoms with E-state index in [4.69, 9.17) is 4.74 Å². The zero-order chi connectivity index (χ0) is 17.4. The van der Waals surface area contributed by atoms with E-state index >= 15 is 0 Å². The number of nitrogens with zero attached hydrogens (tertiary/aromatic N) is 4. The van der Waals surface area contributed by atoms with Crippen LogP contribution in [0.4, 0.5) is 10.3 Å². The molecule has 0 amide bonds. The van der Waals surface area contributed by atoms with Gasteiger partial charge in [0.1, 0.15) is 11.6 Å². The van der Waals surface area contributed by atoms with Gasteiger partial charge in [-0.25, -0.2) is 9.07 Å². The SMILES string of the molecule is COc1ccc([C@H]2C[C@@H](c3cc(Br)ccc3F)n3nnnc3N2)cc1. The molecule has 6 nitrogen and oxygen atoms in total. The summed E-state index contributed by atoms with van der Waals surface area (Å²) >= 11 is 3.41. The Hall–Kier alpha value is -2.48. The minimum Gasteiger partial charge on any atom is -0.497 e. The summed E-state index contributed by atoms with van der Waals surface area (Å²) in [4.78, 5) is 0. The van der Waals surface area contributed by atoms with Crippen LogP contribution in [0.1, 0.15) is 29.6 Å². The molecule has 1 N–H and O–H groups in total. The number of anilines is 1. The van der Waals surface area contributed by atoms with Gasteiger partial charge in [-0.1, -0.05) is 33.2 Å². The molecule has 0 radical (unpaired) electrons. The number of tetrazole rings is 1. The van der Waals surface area contributed by atoms with Crippen molar-refractivity contribution in [1.82, 2.24) is 20.2 Å². The predicted octanol–water partition coefficient (Wildman–Crippen LogP) is 3.73. The molecule has 2 heterocycles. The molecule has 128 valence electrons. The molecule has 25 heavy (non-hydrogen) atoms. The standard InChI is InChI=1S/C17H15BrFN5O/c1-25-12-5-2-10(3-6-12)15-9-16(24-17(20-15)21-22-23-24)13-8-11(18)4-7-14(13)19/h2-8,15-16H,9H2,1H3,(H,20,21,23)/t15-,16+/m1/s1. The summed E-state index contributed by atoms with van der Waals surface area (Å²) in [6.07, 6.45) is 0.623. The molecule has 0 saturated carbocycles. The molecule has 0 aliphatic carbocycles. The van der Waals surface area contributed by atoms with Crippen LogP contribution in [0.3, 0.4) is 0 Å². The first kappa shape index (κ1) is 16.0. The van der Waals surface area contributed by atoms with Crippen LogP contribution in [0.5, 0.6) is 5.75 Å². The van der Waals surface area contributed by atoms with E-state index in [9.17, 15) is 4.39 Å². The van der Waals surface area contributed by atoms with Crippen LogP contribution in [0.25, 0.3) is 0 Å². The maximum atomic E-state index is 14.4. The average Bonchev–Trinajstić information content (AvgIpc) is 3.12. The Balaban J connectivity index is 1.73. The molecule has 8 heteroatoms. The van der Waals surface area contributed by atoms with Crippen molar-refractivity contribution < 1.29 is 9.13 Å². The number of hydrogen-bond acceptors (Lipinski definition) is 5. The number of hydrogen-bond donors (Lipinski definition) is 1. The summed E-state index contributed by atoms with van der Waals surface area (Å²) in [5.41, 5.74) is 1.62. The lowest BCUT2D eigenvalue weighted by Gasteiger charge is -2.31. The molecule has 1 aliphatic rings. The molecule has 0 saturated heterocycles. The first-order valence-electron chi connectivity index (χ1n) is 7.79. The quantitative estimate of drug-likeness (QED) is 0.721. The summed E-state index contributed by atoms with van der Waals surface area (Å²) in [6.45, 7) is 0. The summed E-state index contributed by atoms with van der Waals surface area (Å²) in [5, 5.41) is 15.1. The van der Waals surface area contributed by atoms with Crippen LogP contribution < -0.4 is 10.1 Å². The van der Waals surface area contributed by atoms with E-state index in [2.05, 4.69) is 36.8 Å². The maximum absolute atomic E-state index is 14.4. The second-order valence-electron chi connectivity index (χ2n) is 5.83. The van der Waals surface area contributed by atoms with Crippen molar-refractivity contribution in [2.45, 2.75) is 18.5 Å². The monoisotopic (exact) mass is 403 g/mol. The number of fused-ring (bicyclic) bond motifs is 1. The van der Waals surface area contributed by atoms with Gasteiger partial charge < -0.3 is 10.1 Å². The van der Waals surface area contributed by atoms with Crippen molar-refractivity contribution in [2.24, 2.45) is 0 Å². The van der Waals surface area contributed by atoms with Gasteiger partial charge in [-0.3, -0.25) is 0 Å². The molecular formula is C17H15BrFN5O. The Morgan fingerprint density at radius 3 is 2.80 bits per heavy atom. The van der Waals surface area contributed by atoms with Gasteiger partial charge in [-0.2, -0.15) is 0 Å². The van der Waals surface area contributed by atoms with Gasteiger partial charge in [0.05, 0.1) is 19.2 Å². The molecule has 0 spiro atoms. The fourth-order valence-corrected chi connectivity index (χ4v) is 3.50. The fourth-order valence-electron chi connectivity index (χ4n) is 3.12. The smallest absolute Gasteiger partial charge is 0.243 e. The lowest BCUT2D eigenvalue weighted by Crippen LogP contribution is -2.28. The number of aromatic nitrogens is 4. The van der Waals surface area contributed by atoms with Crippen molar-refractivity contribution in [3.63, 3.8) is 0 Å². The molecule has 1 aliphatic heterocycles. The minimum absolute atomic E-state index is 0.0345. The van der Waals surface area contributed by atoms with Crippen molar-refractivity contribution >= 4 is 21.9 Å². The molecular weight excluding hydrogens is 389 g/mol. The van der Waals surface area contributed by atoms with Crippen LogP contribution in [-0.4, -0.2) is 27.3 Å². The van der Waals surface area contributed by atoms with E-state index in [0.717, 1.165) is 15.8 Å². The third-order valence-electron chi connectivity index (χ3n) is 4.39. The molecule has 3 aromatic rings. The fraction of sp³-hybridized carbons (Fsp3) is 0.235. The average molecular weight is 404 g/mol. The van der Waals surface area contributed by atoms with Crippen molar-refractivity contribution in [3.8, 4) is 5.75 Å². The summed E-state index contributed by atoms with van der Waals surface area (Å²) in [6, 6.07) is 12.4. The van der Waals surface area contributed by atoms with E-state index in [1.807, 2.05) is 24.3 Å². The molecule has 1 aromatic heterocycles. The van der Waals surface area contributed by atoms with E-state index in [1.165, 1.54) is 6.07 Å². The zero-order valence-corrected chi connectivity index (χ0v) is 14.9. The van der Waals surface area contributed by atoms with Crippen LogP contribution in [0, 0.1) is 5.82 Å². The van der Waals surface area contributed by atoms with Crippen LogP contribution >= 0.6 is 15.9 Å². The van der Waals surface area contributed by atoms with Crippen molar-refractivity contribution in [1.29, 1.82) is 0 Å². The molecule has 0 fully saturated rings. The van der Waals surface area contributed by atoms with Gasteiger partial charge >= 0.3 is 0 Å². The number of ether oxygens (including phenoxy) is 1. The van der Waals surface area contributed by atoms with E-state index in [0.29, 0.717) is 17.9 Å². The minimum atomic E-state index is -0.296. The highest BCUT2D eigenvalue weighted by Crippen LogP contribution is 2.38. The van der Waals surface area contributed by atoms with Gasteiger partial charge in [-0.05, 0) is 52.7 Å². The van der Waals surface area contributed by atoms with Gasteiger partial charge in [0.15, 0.2) is 0 Å². The number of rotatable bonds is 3. The Labute approximate surface area is 152 Å². The highest BCUT2D eigenvalue weighted by Gasteiger charge is 2.32. The van der Waals surface area contributed by atoms with Crippen LogP contribution in [-0.2, 0) is 0 Å². The summed E-state index contributed by atoms with van der Waals surface area (Å²) < 4.78 is 22.1. The number of benzene rings is 2. The Morgan fingerprint density at radius 2 is 2.04 bits per heavy atom. The second kappa shape index (κ2) is 6.44. The van der Waals surface area contributed by atoms with Gasteiger partial charge in [0.2, 0.25) is 5.95 Å². The molecule has 2 aromatic carbocycles. The number of halogens is 2. The largest absolute Gasteiger partial charge is 0.497 e. The van der Waals surface area contributed by atoms with E-state index in [1.54, 1.807) is 23.9 Å². The number of nitrogens with one attached hydrogen (secondary N) is 1. The molecule has 0 bridgehead atoms. The first-order chi connectivity index (χ1) is 12.2. The Bertz CT molecular complexity index is 898. The third-order valence-corrected chi connectivity index (χ3v) is 4.88. The summed E-state index contributed by atoms with van der Waals surface area (Å²) in [5.74, 6) is 1.04. The normalized spacial score (nSPS) is 19.2. The molecule has 2 atom stereocenters. The zero-order valence-electron chi connectivity index (χ0n) is 13.4. The van der Waals surface area contributed by atoms with Gasteiger partial charge in [0, 0.05) is 10.0 Å². The first-order valence-corrected chi connectivity index (χ1v) is 8.58. The Kier molecular flexibility index (Phi) is 4.12. The van der Waals surface area contributed by atoms with E-state index < -0.39 is 0 Å². The highest BCUT2D eigenvalue weighted by molar-refractivity contribution is 9.10. The second-order valence-corrected chi connectivity index (χ2v) is 6.75. The van der Waals surface area contributed by atoms with Gasteiger partial charge in [0.25, 0.3) is 0 Å². The third kappa shape index (κ3) is 2.97. The van der Waals surface area contributed by atoms with Crippen molar-refractivity contribution in [2.75, 3.05) is 12.4 Å². The number of methoxy groups -OCH3 is 1. The lowest BCUT2D eigenvalue weighted by atomic mass is 9.93. The van der Waals surface area contributed by atoms with Gasteiger partial charge in [-0.15, -0.1) is 0 Å².